The maximum absolute atomic E-state index is 12.2. The number of anilines is 3. The number of nitrogens with one attached hydrogen (secondary N) is 2. The first-order valence-corrected chi connectivity index (χ1v) is 12.5. The molecule has 0 saturated carbocycles. The van der Waals surface area contributed by atoms with Gasteiger partial charge in [0.2, 0.25) is 5.95 Å². The third-order valence-electron chi connectivity index (χ3n) is 6.42. The number of carbonyl (C=O) groups is 1. The van der Waals surface area contributed by atoms with Crippen molar-refractivity contribution in [3.05, 3.63) is 89.7 Å². The summed E-state index contributed by atoms with van der Waals surface area (Å²) in [6.07, 6.45) is 3.10. The van der Waals surface area contributed by atoms with Crippen molar-refractivity contribution in [2.24, 2.45) is 0 Å². The van der Waals surface area contributed by atoms with E-state index in [4.69, 9.17) is 9.15 Å². The highest BCUT2D eigenvalue weighted by Crippen LogP contribution is 2.38. The van der Waals surface area contributed by atoms with Gasteiger partial charge in [-0.15, -0.1) is 15.3 Å². The minimum atomic E-state index is -0.746. The number of fused-ring (bicyclic) bond motifs is 1. The molecule has 0 saturated heterocycles. The molecule has 4 heterocycles. The lowest BCUT2D eigenvalue weighted by Gasteiger charge is -2.20. The summed E-state index contributed by atoms with van der Waals surface area (Å²) < 4.78 is 11.4. The SMILES string of the molecule is CC1(C)OC(=O)c2ccc(Nc3ncc(-c4nnc(-c5cccnn5)o4)c(NC(CO)c4ccccc4)n3)cc21. The number of rotatable bonds is 8. The molecule has 5 aromatic rings. The third-order valence-corrected chi connectivity index (χ3v) is 6.42. The van der Waals surface area contributed by atoms with E-state index >= 15 is 0 Å². The number of aliphatic hydroxyl groups excluding tert-OH is 1. The first-order valence-electron chi connectivity index (χ1n) is 12.5. The fourth-order valence-electron chi connectivity index (χ4n) is 4.41. The fraction of sp³-hybridized carbons (Fsp3) is 0.179. The Morgan fingerprint density at radius 3 is 2.58 bits per heavy atom. The molecule has 0 fully saturated rings. The molecule has 0 aliphatic carbocycles. The lowest BCUT2D eigenvalue weighted by Crippen LogP contribution is -2.17. The summed E-state index contributed by atoms with van der Waals surface area (Å²) in [5.74, 6) is 0.627. The maximum atomic E-state index is 12.2. The van der Waals surface area contributed by atoms with Crippen LogP contribution in [0.3, 0.4) is 0 Å². The molecule has 1 aliphatic heterocycles. The minimum absolute atomic E-state index is 0.161. The Kier molecular flexibility index (Phi) is 6.36. The second-order valence-electron chi connectivity index (χ2n) is 9.55. The quantitative estimate of drug-likeness (QED) is 0.242. The van der Waals surface area contributed by atoms with Gasteiger partial charge in [0, 0.05) is 23.6 Å². The van der Waals surface area contributed by atoms with Crippen LogP contribution in [0.25, 0.3) is 23.0 Å². The van der Waals surface area contributed by atoms with E-state index in [0.717, 1.165) is 11.1 Å². The molecular formula is C28H24N8O4. The predicted molar refractivity (Wildman–Crippen MR) is 144 cm³/mol. The predicted octanol–water partition coefficient (Wildman–Crippen LogP) is 4.28. The van der Waals surface area contributed by atoms with Crippen LogP contribution in [-0.4, -0.2) is 48.0 Å². The fourth-order valence-corrected chi connectivity index (χ4v) is 4.41. The Balaban J connectivity index is 1.36. The van der Waals surface area contributed by atoms with Crippen LogP contribution >= 0.6 is 0 Å². The lowest BCUT2D eigenvalue weighted by atomic mass is 9.95. The second kappa shape index (κ2) is 10.2. The highest BCUT2D eigenvalue weighted by molar-refractivity contribution is 5.95. The van der Waals surface area contributed by atoms with Crippen LogP contribution in [0.5, 0.6) is 0 Å². The molecule has 0 spiro atoms. The number of nitrogens with zero attached hydrogens (tertiary/aromatic N) is 6. The highest BCUT2D eigenvalue weighted by atomic mass is 16.6. The Hall–Kier alpha value is -5.23. The largest absolute Gasteiger partial charge is 0.451 e. The summed E-state index contributed by atoms with van der Waals surface area (Å²) in [7, 11) is 0. The number of ether oxygens (including phenoxy) is 1. The van der Waals surface area contributed by atoms with Gasteiger partial charge in [0.25, 0.3) is 11.8 Å². The van der Waals surface area contributed by atoms with Crippen molar-refractivity contribution in [2.75, 3.05) is 17.2 Å². The Labute approximate surface area is 228 Å². The van der Waals surface area contributed by atoms with Crippen molar-refractivity contribution in [3.8, 4) is 23.0 Å². The molecule has 0 radical (unpaired) electrons. The van der Waals surface area contributed by atoms with Crippen LogP contribution < -0.4 is 10.6 Å². The zero-order valence-electron chi connectivity index (χ0n) is 21.6. The normalized spacial score (nSPS) is 14.3. The molecular weight excluding hydrogens is 512 g/mol. The maximum Gasteiger partial charge on any atom is 0.339 e. The monoisotopic (exact) mass is 536 g/mol. The van der Waals surface area contributed by atoms with Gasteiger partial charge in [0.1, 0.15) is 17.1 Å². The molecule has 1 atom stereocenters. The van der Waals surface area contributed by atoms with Crippen LogP contribution in [0.4, 0.5) is 17.5 Å². The minimum Gasteiger partial charge on any atom is -0.451 e. The van der Waals surface area contributed by atoms with Crippen molar-refractivity contribution in [1.29, 1.82) is 0 Å². The molecule has 200 valence electrons. The summed E-state index contributed by atoms with van der Waals surface area (Å²) in [6.45, 7) is 3.48. The van der Waals surface area contributed by atoms with Gasteiger partial charge in [-0.05, 0) is 49.7 Å². The smallest absolute Gasteiger partial charge is 0.339 e. The van der Waals surface area contributed by atoms with Gasteiger partial charge in [0.15, 0.2) is 0 Å². The molecule has 0 bridgehead atoms. The van der Waals surface area contributed by atoms with Gasteiger partial charge < -0.3 is 24.9 Å². The summed E-state index contributed by atoms with van der Waals surface area (Å²) in [4.78, 5) is 21.3. The molecule has 1 unspecified atom stereocenters. The number of hydrogen-bond acceptors (Lipinski definition) is 12. The summed E-state index contributed by atoms with van der Waals surface area (Å²) in [5, 5.41) is 32.8. The van der Waals surface area contributed by atoms with Crippen molar-refractivity contribution in [2.45, 2.75) is 25.5 Å². The van der Waals surface area contributed by atoms with Gasteiger partial charge in [-0.25, -0.2) is 9.78 Å². The number of aliphatic hydroxyl groups is 1. The van der Waals surface area contributed by atoms with Gasteiger partial charge in [-0.1, -0.05) is 30.3 Å². The average molecular weight is 537 g/mol. The van der Waals surface area contributed by atoms with Crippen molar-refractivity contribution in [1.82, 2.24) is 30.4 Å². The molecule has 12 nitrogen and oxygen atoms in total. The van der Waals surface area contributed by atoms with E-state index in [1.807, 2.05) is 50.2 Å². The van der Waals surface area contributed by atoms with E-state index in [0.29, 0.717) is 28.3 Å². The number of esters is 1. The van der Waals surface area contributed by atoms with E-state index < -0.39 is 11.6 Å². The second-order valence-corrected chi connectivity index (χ2v) is 9.55. The number of cyclic esters (lactones) is 1. The first kappa shape index (κ1) is 25.1. The first-order chi connectivity index (χ1) is 19.4. The topological polar surface area (TPSA) is 161 Å². The summed E-state index contributed by atoms with van der Waals surface area (Å²) >= 11 is 0. The average Bonchev–Trinajstić information content (AvgIpc) is 3.55. The van der Waals surface area contributed by atoms with Crippen LogP contribution in [0, 0.1) is 0 Å². The van der Waals surface area contributed by atoms with Gasteiger partial charge in [0.05, 0.1) is 23.8 Å². The van der Waals surface area contributed by atoms with Gasteiger partial charge >= 0.3 is 5.97 Å². The summed E-state index contributed by atoms with van der Waals surface area (Å²) in [6, 6.07) is 17.8. The Morgan fingerprint density at radius 2 is 1.80 bits per heavy atom. The molecule has 3 aromatic heterocycles. The van der Waals surface area contributed by atoms with Crippen molar-refractivity contribution >= 4 is 23.4 Å². The standard InChI is InChI=1S/C28H24N8O4/c1-28(2)20-13-17(10-11-18(20)26(38)40-28)31-27-29-14-19(24-35-36-25(39-24)21-9-6-12-30-34-21)23(33-27)32-22(15-37)16-7-4-3-5-8-16/h3-14,22,37H,15H2,1-2H3,(H2,29,31,32,33). The number of benzene rings is 2. The van der Waals surface area contributed by atoms with Crippen LogP contribution in [0.15, 0.2) is 77.5 Å². The van der Waals surface area contributed by atoms with E-state index in [9.17, 15) is 9.90 Å². The third kappa shape index (κ3) is 4.83. The molecule has 12 heteroatoms. The Morgan fingerprint density at radius 1 is 0.975 bits per heavy atom. The van der Waals surface area contributed by atoms with Crippen LogP contribution in [0.2, 0.25) is 0 Å². The van der Waals surface area contributed by atoms with E-state index in [-0.39, 0.29) is 30.3 Å². The molecule has 6 rings (SSSR count). The zero-order valence-corrected chi connectivity index (χ0v) is 21.6. The number of carbonyl (C=O) groups excluding carboxylic acids is 1. The number of aromatic nitrogens is 6. The molecule has 2 aromatic carbocycles. The molecule has 0 amide bonds. The van der Waals surface area contributed by atoms with E-state index in [2.05, 4.69) is 41.0 Å². The van der Waals surface area contributed by atoms with Crippen LogP contribution in [-0.2, 0) is 10.3 Å². The van der Waals surface area contributed by atoms with Gasteiger partial charge in [-0.2, -0.15) is 10.1 Å². The summed E-state index contributed by atoms with van der Waals surface area (Å²) in [5.41, 5.74) is 2.94. The number of hydrogen-bond donors (Lipinski definition) is 3. The lowest BCUT2D eigenvalue weighted by molar-refractivity contribution is 0.00954. The molecule has 1 aliphatic rings. The van der Waals surface area contributed by atoms with Crippen molar-refractivity contribution < 1.29 is 19.1 Å². The van der Waals surface area contributed by atoms with Gasteiger partial charge in [-0.3, -0.25) is 0 Å². The Bertz CT molecular complexity index is 1670. The van der Waals surface area contributed by atoms with E-state index in [1.165, 1.54) is 0 Å². The van der Waals surface area contributed by atoms with Crippen LogP contribution in [0.1, 0.15) is 41.4 Å². The van der Waals surface area contributed by atoms with Crippen molar-refractivity contribution in [3.63, 3.8) is 0 Å². The van der Waals surface area contributed by atoms with E-state index in [1.54, 1.807) is 36.7 Å². The zero-order chi connectivity index (χ0) is 27.7. The highest BCUT2D eigenvalue weighted by Gasteiger charge is 2.37. The molecule has 3 N–H and O–H groups in total. The molecule has 40 heavy (non-hydrogen) atoms.